The van der Waals surface area contributed by atoms with Crippen molar-refractivity contribution >= 4 is 27.8 Å². The number of esters is 1. The summed E-state index contributed by atoms with van der Waals surface area (Å²) in [5, 5.41) is 2.55. The SMILES string of the molecule is CNC(=O)c1cc(Br)cc(C(C)(C)C(=O)OC)c1OC. The molecule has 1 amide bonds. The van der Waals surface area contributed by atoms with Crippen molar-refractivity contribution in [1.82, 2.24) is 5.32 Å². The molecule has 0 aliphatic rings. The fraction of sp³-hybridized carbons (Fsp3) is 0.429. The first-order valence-electron chi connectivity index (χ1n) is 5.98. The highest BCUT2D eigenvalue weighted by Gasteiger charge is 2.35. The number of carbonyl (C=O) groups excluding carboxylic acids is 2. The van der Waals surface area contributed by atoms with Crippen molar-refractivity contribution in [3.8, 4) is 5.75 Å². The van der Waals surface area contributed by atoms with E-state index < -0.39 is 11.4 Å². The van der Waals surface area contributed by atoms with Crippen molar-refractivity contribution in [3.63, 3.8) is 0 Å². The van der Waals surface area contributed by atoms with Gasteiger partial charge in [0, 0.05) is 17.1 Å². The number of methoxy groups -OCH3 is 2. The Hall–Kier alpha value is -1.56. The number of hydrogen-bond donors (Lipinski definition) is 1. The Labute approximate surface area is 126 Å². The van der Waals surface area contributed by atoms with E-state index in [0.29, 0.717) is 21.3 Å². The fourth-order valence-corrected chi connectivity index (χ4v) is 2.40. The number of benzene rings is 1. The summed E-state index contributed by atoms with van der Waals surface area (Å²) in [5.41, 5.74) is 0.00305. The summed E-state index contributed by atoms with van der Waals surface area (Å²) in [5.74, 6) is -0.329. The van der Waals surface area contributed by atoms with Crippen molar-refractivity contribution in [2.45, 2.75) is 19.3 Å². The monoisotopic (exact) mass is 343 g/mol. The smallest absolute Gasteiger partial charge is 0.315 e. The molecule has 0 saturated heterocycles. The van der Waals surface area contributed by atoms with E-state index in [0.717, 1.165) is 0 Å². The van der Waals surface area contributed by atoms with E-state index in [-0.39, 0.29) is 5.91 Å². The Morgan fingerprint density at radius 3 is 2.30 bits per heavy atom. The van der Waals surface area contributed by atoms with Crippen LogP contribution in [0.4, 0.5) is 0 Å². The molecule has 0 fully saturated rings. The summed E-state index contributed by atoms with van der Waals surface area (Å²) in [6, 6.07) is 3.40. The van der Waals surface area contributed by atoms with Gasteiger partial charge in [0.2, 0.25) is 0 Å². The van der Waals surface area contributed by atoms with Crippen molar-refractivity contribution < 1.29 is 19.1 Å². The Morgan fingerprint density at radius 2 is 1.85 bits per heavy atom. The zero-order valence-corrected chi connectivity index (χ0v) is 13.8. The molecule has 0 bridgehead atoms. The maximum atomic E-state index is 12.0. The molecule has 1 rings (SSSR count). The lowest BCUT2D eigenvalue weighted by molar-refractivity contribution is -0.146. The molecule has 110 valence electrons. The molecule has 0 aliphatic carbocycles. The summed E-state index contributed by atoms with van der Waals surface area (Å²) in [6.45, 7) is 3.44. The molecular weight excluding hydrogens is 326 g/mol. The van der Waals surface area contributed by atoms with Gasteiger partial charge in [-0.3, -0.25) is 9.59 Å². The van der Waals surface area contributed by atoms with Gasteiger partial charge in [-0.05, 0) is 26.0 Å². The predicted octanol–water partition coefficient (Wildman–Crippen LogP) is 2.27. The largest absolute Gasteiger partial charge is 0.496 e. The second-order valence-corrected chi connectivity index (χ2v) is 5.65. The zero-order chi connectivity index (χ0) is 15.5. The van der Waals surface area contributed by atoms with Crippen LogP contribution in [0.2, 0.25) is 0 Å². The molecule has 0 aromatic heterocycles. The zero-order valence-electron chi connectivity index (χ0n) is 12.2. The molecule has 0 radical (unpaired) electrons. The molecule has 0 spiro atoms. The molecule has 5 nitrogen and oxygen atoms in total. The first-order chi connectivity index (χ1) is 9.29. The molecule has 1 N–H and O–H groups in total. The predicted molar refractivity (Wildman–Crippen MR) is 79.1 cm³/mol. The quantitative estimate of drug-likeness (QED) is 0.851. The van der Waals surface area contributed by atoms with E-state index in [1.54, 1.807) is 26.0 Å². The molecule has 1 aromatic carbocycles. The van der Waals surface area contributed by atoms with Gasteiger partial charge in [0.05, 0.1) is 25.2 Å². The van der Waals surface area contributed by atoms with Gasteiger partial charge in [-0.15, -0.1) is 0 Å². The number of amides is 1. The summed E-state index contributed by atoms with van der Waals surface area (Å²) < 4.78 is 10.9. The molecule has 0 aliphatic heterocycles. The van der Waals surface area contributed by atoms with Gasteiger partial charge in [0.15, 0.2) is 0 Å². The molecular formula is C14H18BrNO4. The minimum Gasteiger partial charge on any atom is -0.496 e. The van der Waals surface area contributed by atoms with Crippen molar-refractivity contribution in [2.75, 3.05) is 21.3 Å². The Kier molecular flexibility index (Phi) is 5.16. The lowest BCUT2D eigenvalue weighted by atomic mass is 9.83. The minimum absolute atomic E-state index is 0.287. The van der Waals surface area contributed by atoms with Gasteiger partial charge in [-0.25, -0.2) is 0 Å². The normalized spacial score (nSPS) is 10.9. The van der Waals surface area contributed by atoms with Gasteiger partial charge in [0.25, 0.3) is 5.91 Å². The van der Waals surface area contributed by atoms with Crippen LogP contribution >= 0.6 is 15.9 Å². The number of carbonyl (C=O) groups is 2. The third-order valence-electron chi connectivity index (χ3n) is 3.10. The topological polar surface area (TPSA) is 64.6 Å². The van der Waals surface area contributed by atoms with E-state index in [4.69, 9.17) is 9.47 Å². The number of nitrogens with one attached hydrogen (secondary N) is 1. The van der Waals surface area contributed by atoms with E-state index in [1.807, 2.05) is 0 Å². The maximum Gasteiger partial charge on any atom is 0.315 e. The van der Waals surface area contributed by atoms with Crippen molar-refractivity contribution in [2.24, 2.45) is 0 Å². The van der Waals surface area contributed by atoms with Crippen molar-refractivity contribution in [1.29, 1.82) is 0 Å². The van der Waals surface area contributed by atoms with Crippen LogP contribution in [-0.2, 0) is 14.9 Å². The number of ether oxygens (including phenoxy) is 2. The van der Waals surface area contributed by atoms with Gasteiger partial charge in [-0.1, -0.05) is 15.9 Å². The highest BCUT2D eigenvalue weighted by molar-refractivity contribution is 9.10. The third-order valence-corrected chi connectivity index (χ3v) is 3.56. The molecule has 20 heavy (non-hydrogen) atoms. The lowest BCUT2D eigenvalue weighted by Gasteiger charge is -2.25. The first-order valence-corrected chi connectivity index (χ1v) is 6.77. The molecule has 0 atom stereocenters. The van der Waals surface area contributed by atoms with Gasteiger partial charge in [0.1, 0.15) is 5.75 Å². The summed E-state index contributed by atoms with van der Waals surface area (Å²) in [7, 11) is 4.33. The molecule has 1 aromatic rings. The molecule has 0 heterocycles. The second-order valence-electron chi connectivity index (χ2n) is 4.73. The average molecular weight is 344 g/mol. The van der Waals surface area contributed by atoms with Crippen LogP contribution in [0.1, 0.15) is 29.8 Å². The van der Waals surface area contributed by atoms with E-state index in [2.05, 4.69) is 21.2 Å². The van der Waals surface area contributed by atoms with Gasteiger partial charge >= 0.3 is 5.97 Å². The van der Waals surface area contributed by atoms with Crippen LogP contribution in [0.25, 0.3) is 0 Å². The molecule has 6 heteroatoms. The van der Waals surface area contributed by atoms with Crippen LogP contribution in [0.5, 0.6) is 5.75 Å². The maximum absolute atomic E-state index is 12.0. The van der Waals surface area contributed by atoms with Crippen LogP contribution in [0, 0.1) is 0 Å². The van der Waals surface area contributed by atoms with Crippen LogP contribution in [-0.4, -0.2) is 33.1 Å². The fourth-order valence-electron chi connectivity index (χ4n) is 1.95. The van der Waals surface area contributed by atoms with Crippen molar-refractivity contribution in [3.05, 3.63) is 27.7 Å². The number of rotatable bonds is 4. The van der Waals surface area contributed by atoms with E-state index in [9.17, 15) is 9.59 Å². The average Bonchev–Trinajstić information content (AvgIpc) is 2.44. The first kappa shape index (κ1) is 16.5. The summed E-state index contributed by atoms with van der Waals surface area (Å²) >= 11 is 3.35. The highest BCUT2D eigenvalue weighted by atomic mass is 79.9. The highest BCUT2D eigenvalue weighted by Crippen LogP contribution is 2.37. The number of halogens is 1. The number of hydrogen-bond acceptors (Lipinski definition) is 4. The standard InChI is InChI=1S/C14H18BrNO4/c1-14(2,13(18)20-5)10-7-8(15)6-9(11(10)19-4)12(17)16-3/h6-7H,1-5H3,(H,16,17). The van der Waals surface area contributed by atoms with E-state index >= 15 is 0 Å². The summed E-state index contributed by atoms with van der Waals surface area (Å²) in [6.07, 6.45) is 0. The second kappa shape index (κ2) is 6.26. The lowest BCUT2D eigenvalue weighted by Crippen LogP contribution is -2.31. The minimum atomic E-state index is -0.938. The molecule has 0 saturated carbocycles. The summed E-state index contributed by atoms with van der Waals surface area (Å²) in [4.78, 5) is 23.9. The Bertz CT molecular complexity index is 540. The van der Waals surface area contributed by atoms with Gasteiger partial charge < -0.3 is 14.8 Å². The Morgan fingerprint density at radius 1 is 1.25 bits per heavy atom. The molecule has 0 unspecified atom stereocenters. The van der Waals surface area contributed by atoms with Gasteiger partial charge in [-0.2, -0.15) is 0 Å². The van der Waals surface area contributed by atoms with E-state index in [1.165, 1.54) is 21.3 Å². The van der Waals surface area contributed by atoms with Crippen LogP contribution in [0.3, 0.4) is 0 Å². The van der Waals surface area contributed by atoms with Crippen LogP contribution in [0.15, 0.2) is 16.6 Å². The third kappa shape index (κ3) is 2.95. The Balaban J connectivity index is 3.58. The van der Waals surface area contributed by atoms with Crippen LogP contribution < -0.4 is 10.1 Å².